The number of nitrogens with one attached hydrogen (secondary N) is 2. The van der Waals surface area contributed by atoms with Crippen molar-refractivity contribution in [3.05, 3.63) is 64.2 Å². The second kappa shape index (κ2) is 8.91. The second-order valence-electron chi connectivity index (χ2n) is 5.58. The van der Waals surface area contributed by atoms with Crippen LogP contribution in [0.2, 0.25) is 0 Å². The predicted molar refractivity (Wildman–Crippen MR) is 104 cm³/mol. The van der Waals surface area contributed by atoms with Crippen LogP contribution in [0.5, 0.6) is 5.75 Å². The van der Waals surface area contributed by atoms with Gasteiger partial charge < -0.3 is 10.1 Å². The topological polar surface area (TPSA) is 93.5 Å². The number of nitrogens with zero attached hydrogens (tertiary/aromatic N) is 1. The number of non-ortho nitro benzene ring substituents is 1. The van der Waals surface area contributed by atoms with Gasteiger partial charge in [0.2, 0.25) is 0 Å². The molecule has 2 rings (SSSR count). The third-order valence-corrected chi connectivity index (χ3v) is 3.75. The van der Waals surface area contributed by atoms with Crippen LogP contribution in [-0.4, -0.2) is 22.0 Å². The molecule has 0 spiro atoms. The smallest absolute Gasteiger partial charge is 0.270 e. The van der Waals surface area contributed by atoms with Crippen LogP contribution in [0.1, 0.15) is 30.6 Å². The number of benzene rings is 2. The number of thiocarbonyl (C=S) groups is 1. The summed E-state index contributed by atoms with van der Waals surface area (Å²) in [5.41, 5.74) is 0.652. The van der Waals surface area contributed by atoms with E-state index in [2.05, 4.69) is 10.6 Å². The number of carbonyl (C=O) groups is 1. The molecular formula is C18H19N3O4S. The Hall–Kier alpha value is -3.00. The molecule has 7 nitrogen and oxygen atoms in total. The molecule has 0 aliphatic carbocycles. The summed E-state index contributed by atoms with van der Waals surface area (Å²) in [6.45, 7) is 4.01. The molecule has 0 saturated carbocycles. The van der Waals surface area contributed by atoms with Crippen molar-refractivity contribution in [2.75, 3.05) is 5.32 Å². The monoisotopic (exact) mass is 373 g/mol. The van der Waals surface area contributed by atoms with Crippen molar-refractivity contribution >= 4 is 34.6 Å². The van der Waals surface area contributed by atoms with Gasteiger partial charge in [0.05, 0.1) is 11.0 Å². The highest BCUT2D eigenvalue weighted by molar-refractivity contribution is 7.80. The fraction of sp³-hybridized carbons (Fsp3) is 0.222. The highest BCUT2D eigenvalue weighted by Crippen LogP contribution is 2.19. The zero-order valence-corrected chi connectivity index (χ0v) is 15.2. The molecule has 26 heavy (non-hydrogen) atoms. The number of nitro benzene ring substituents is 1. The van der Waals surface area contributed by atoms with E-state index in [4.69, 9.17) is 17.0 Å². The Bertz CT molecular complexity index is 826. The van der Waals surface area contributed by atoms with Crippen LogP contribution in [-0.2, 0) is 0 Å². The molecular weight excluding hydrogens is 354 g/mol. The van der Waals surface area contributed by atoms with Crippen LogP contribution in [0.4, 0.5) is 11.4 Å². The molecule has 0 fully saturated rings. The molecule has 8 heteroatoms. The van der Waals surface area contributed by atoms with E-state index < -0.39 is 10.8 Å². The maximum atomic E-state index is 12.2. The van der Waals surface area contributed by atoms with Gasteiger partial charge in [0.15, 0.2) is 5.11 Å². The Morgan fingerprint density at radius 1 is 1.27 bits per heavy atom. The summed E-state index contributed by atoms with van der Waals surface area (Å²) in [6, 6.07) is 12.6. The van der Waals surface area contributed by atoms with E-state index in [1.165, 1.54) is 24.3 Å². The van der Waals surface area contributed by atoms with E-state index in [-0.39, 0.29) is 22.5 Å². The Morgan fingerprint density at radius 3 is 2.69 bits per heavy atom. The molecule has 0 aromatic heterocycles. The average molecular weight is 373 g/mol. The third kappa shape index (κ3) is 5.52. The quantitative estimate of drug-likeness (QED) is 0.453. The van der Waals surface area contributed by atoms with E-state index >= 15 is 0 Å². The number of hydrogen-bond acceptors (Lipinski definition) is 5. The summed E-state index contributed by atoms with van der Waals surface area (Å²) < 4.78 is 5.74. The fourth-order valence-corrected chi connectivity index (χ4v) is 2.27. The molecule has 0 saturated heterocycles. The molecule has 2 aromatic rings. The number of rotatable bonds is 6. The van der Waals surface area contributed by atoms with E-state index in [0.29, 0.717) is 11.4 Å². The van der Waals surface area contributed by atoms with Gasteiger partial charge in [0.25, 0.3) is 11.6 Å². The second-order valence-corrected chi connectivity index (χ2v) is 5.99. The molecule has 0 bridgehead atoms. The van der Waals surface area contributed by atoms with Gasteiger partial charge in [-0.3, -0.25) is 20.2 Å². The fourth-order valence-electron chi connectivity index (χ4n) is 2.06. The van der Waals surface area contributed by atoms with Crippen LogP contribution in [0, 0.1) is 10.1 Å². The Morgan fingerprint density at radius 2 is 2.00 bits per heavy atom. The van der Waals surface area contributed by atoms with Crippen molar-refractivity contribution in [2.45, 2.75) is 26.4 Å². The van der Waals surface area contributed by atoms with Gasteiger partial charge in [0, 0.05) is 29.4 Å². The van der Waals surface area contributed by atoms with Gasteiger partial charge >= 0.3 is 0 Å². The summed E-state index contributed by atoms with van der Waals surface area (Å²) in [5, 5.41) is 16.3. The summed E-state index contributed by atoms with van der Waals surface area (Å²) >= 11 is 5.13. The summed E-state index contributed by atoms with van der Waals surface area (Å²) in [6.07, 6.45) is 0.973. The minimum absolute atomic E-state index is 0.0854. The molecule has 1 atom stereocenters. The van der Waals surface area contributed by atoms with Crippen molar-refractivity contribution in [1.29, 1.82) is 0 Å². The minimum Gasteiger partial charge on any atom is -0.491 e. The molecule has 1 amide bonds. The van der Waals surface area contributed by atoms with Gasteiger partial charge in [-0.05, 0) is 43.8 Å². The summed E-state index contributed by atoms with van der Waals surface area (Å²) in [5.74, 6) is 0.162. The normalized spacial score (nSPS) is 11.3. The van der Waals surface area contributed by atoms with Crippen LogP contribution in [0.3, 0.4) is 0 Å². The van der Waals surface area contributed by atoms with Gasteiger partial charge in [-0.25, -0.2) is 0 Å². The Kier molecular flexibility index (Phi) is 6.62. The van der Waals surface area contributed by atoms with Crippen LogP contribution in [0.25, 0.3) is 0 Å². The van der Waals surface area contributed by atoms with Crippen molar-refractivity contribution in [2.24, 2.45) is 0 Å². The third-order valence-electron chi connectivity index (χ3n) is 3.55. The number of ether oxygens (including phenoxy) is 1. The first-order chi connectivity index (χ1) is 12.4. The lowest BCUT2D eigenvalue weighted by molar-refractivity contribution is -0.384. The van der Waals surface area contributed by atoms with E-state index in [9.17, 15) is 14.9 Å². The van der Waals surface area contributed by atoms with Gasteiger partial charge in [-0.1, -0.05) is 19.1 Å². The lowest BCUT2D eigenvalue weighted by atomic mass is 10.2. The summed E-state index contributed by atoms with van der Waals surface area (Å²) in [4.78, 5) is 22.4. The largest absolute Gasteiger partial charge is 0.491 e. The Labute approximate surface area is 156 Å². The zero-order chi connectivity index (χ0) is 19.1. The molecule has 0 aliphatic heterocycles. The average Bonchev–Trinajstić information content (AvgIpc) is 2.61. The lowest BCUT2D eigenvalue weighted by Gasteiger charge is -2.14. The highest BCUT2D eigenvalue weighted by Gasteiger charge is 2.13. The molecule has 0 aliphatic rings. The Balaban J connectivity index is 2.00. The first kappa shape index (κ1) is 19.3. The molecule has 2 N–H and O–H groups in total. The van der Waals surface area contributed by atoms with E-state index in [1.54, 1.807) is 12.1 Å². The van der Waals surface area contributed by atoms with Crippen LogP contribution >= 0.6 is 12.2 Å². The summed E-state index contributed by atoms with van der Waals surface area (Å²) in [7, 11) is 0. The standard InChI is InChI=1S/C18H19N3O4S/c1-3-12(2)25-16-9-5-7-14(11-16)19-18(26)20-17(22)13-6-4-8-15(10-13)21(23)24/h4-12H,3H2,1-2H3,(H2,19,20,22,26). The predicted octanol–water partition coefficient (Wildman–Crippen LogP) is 3.90. The van der Waals surface area contributed by atoms with Gasteiger partial charge in [-0.15, -0.1) is 0 Å². The number of carbonyl (C=O) groups excluding carboxylic acids is 1. The number of amides is 1. The first-order valence-electron chi connectivity index (χ1n) is 8.02. The van der Waals surface area contributed by atoms with Gasteiger partial charge in [-0.2, -0.15) is 0 Å². The highest BCUT2D eigenvalue weighted by atomic mass is 32.1. The van der Waals surface area contributed by atoms with Crippen LogP contribution < -0.4 is 15.4 Å². The van der Waals surface area contributed by atoms with Crippen molar-refractivity contribution in [3.63, 3.8) is 0 Å². The van der Waals surface area contributed by atoms with Gasteiger partial charge in [0.1, 0.15) is 5.75 Å². The number of anilines is 1. The lowest BCUT2D eigenvalue weighted by Crippen LogP contribution is -2.34. The molecule has 1 unspecified atom stereocenters. The molecule has 136 valence electrons. The maximum Gasteiger partial charge on any atom is 0.270 e. The number of hydrogen-bond donors (Lipinski definition) is 2. The van der Waals surface area contributed by atoms with Crippen molar-refractivity contribution in [3.8, 4) is 5.75 Å². The molecule has 0 heterocycles. The SMILES string of the molecule is CCC(C)Oc1cccc(NC(=S)NC(=O)c2cccc([N+](=O)[O-])c2)c1. The van der Waals surface area contributed by atoms with Crippen molar-refractivity contribution in [1.82, 2.24) is 5.32 Å². The first-order valence-corrected chi connectivity index (χ1v) is 8.43. The maximum absolute atomic E-state index is 12.2. The van der Waals surface area contributed by atoms with E-state index in [1.807, 2.05) is 26.0 Å². The zero-order valence-electron chi connectivity index (χ0n) is 14.4. The van der Waals surface area contributed by atoms with Crippen LogP contribution in [0.15, 0.2) is 48.5 Å². The molecule has 0 radical (unpaired) electrons. The molecule has 2 aromatic carbocycles. The van der Waals surface area contributed by atoms with Crippen molar-refractivity contribution < 1.29 is 14.5 Å². The minimum atomic E-state index is -0.559. The van der Waals surface area contributed by atoms with E-state index in [0.717, 1.165) is 6.42 Å². The number of nitro groups is 1.